The van der Waals surface area contributed by atoms with Crippen LogP contribution in [0.4, 0.5) is 0 Å². The topological polar surface area (TPSA) is 60.9 Å². The van der Waals surface area contributed by atoms with Crippen molar-refractivity contribution in [3.63, 3.8) is 0 Å². The molecular weight excluding hydrogens is 378 g/mol. The van der Waals surface area contributed by atoms with Crippen molar-refractivity contribution in [3.05, 3.63) is 35.9 Å². The van der Waals surface area contributed by atoms with E-state index in [0.29, 0.717) is 56.5 Å². The maximum Gasteiger partial charge on any atom is 0.253 e. The van der Waals surface area contributed by atoms with E-state index in [1.807, 2.05) is 45.0 Å². The van der Waals surface area contributed by atoms with E-state index in [1.165, 1.54) is 6.42 Å². The van der Waals surface area contributed by atoms with Crippen LogP contribution in [-0.2, 0) is 9.59 Å². The maximum atomic E-state index is 13.1. The summed E-state index contributed by atoms with van der Waals surface area (Å²) in [5.74, 6) is 1.11. The van der Waals surface area contributed by atoms with E-state index in [2.05, 4.69) is 13.8 Å². The van der Waals surface area contributed by atoms with Crippen LogP contribution in [0.25, 0.3) is 0 Å². The predicted octanol–water partition coefficient (Wildman–Crippen LogP) is 2.64. The van der Waals surface area contributed by atoms with E-state index in [9.17, 15) is 14.4 Å². The lowest BCUT2D eigenvalue weighted by Gasteiger charge is -2.40. The van der Waals surface area contributed by atoms with Crippen molar-refractivity contribution < 1.29 is 14.4 Å². The number of amides is 3. The third-order valence-electron chi connectivity index (χ3n) is 7.47. The first-order chi connectivity index (χ1) is 14.5. The number of benzene rings is 1. The molecule has 1 aromatic rings. The van der Waals surface area contributed by atoms with Crippen LogP contribution in [0.5, 0.6) is 0 Å². The third-order valence-corrected chi connectivity index (χ3v) is 7.47. The molecule has 2 saturated heterocycles. The minimum Gasteiger partial charge on any atom is -0.339 e. The lowest BCUT2D eigenvalue weighted by molar-refractivity contribution is -0.137. The fourth-order valence-electron chi connectivity index (χ4n) is 5.36. The van der Waals surface area contributed by atoms with Crippen LogP contribution in [0.1, 0.15) is 49.9 Å². The average Bonchev–Trinajstić information content (AvgIpc) is 3.16. The minimum atomic E-state index is -0.238. The highest BCUT2D eigenvalue weighted by Gasteiger charge is 2.43. The molecular formula is C24H33N3O3. The summed E-state index contributed by atoms with van der Waals surface area (Å²) in [7, 11) is 0. The lowest BCUT2D eigenvalue weighted by atomic mass is 9.77. The first-order valence-corrected chi connectivity index (χ1v) is 11.4. The van der Waals surface area contributed by atoms with Gasteiger partial charge in [-0.05, 0) is 30.4 Å². The average molecular weight is 412 g/mol. The van der Waals surface area contributed by atoms with E-state index in [-0.39, 0.29) is 29.7 Å². The highest BCUT2D eigenvalue weighted by molar-refractivity contribution is 5.94. The van der Waals surface area contributed by atoms with Gasteiger partial charge in [0.2, 0.25) is 11.8 Å². The van der Waals surface area contributed by atoms with E-state index in [0.717, 1.165) is 12.8 Å². The van der Waals surface area contributed by atoms with Gasteiger partial charge in [0, 0.05) is 50.7 Å². The van der Waals surface area contributed by atoms with Crippen LogP contribution in [-0.4, -0.2) is 71.2 Å². The number of nitrogens with zero attached hydrogens (tertiary/aromatic N) is 3. The molecule has 6 heteroatoms. The Morgan fingerprint density at radius 3 is 2.30 bits per heavy atom. The van der Waals surface area contributed by atoms with Crippen molar-refractivity contribution in [2.75, 3.05) is 32.7 Å². The molecule has 0 N–H and O–H groups in total. The molecule has 2 aliphatic heterocycles. The van der Waals surface area contributed by atoms with Gasteiger partial charge >= 0.3 is 0 Å². The maximum absolute atomic E-state index is 13.1. The standard InChI is InChI=1S/C24H33N3O3/c1-17-7-6-10-21(18(17)2)27-16-20(15-22(27)28)24(30)26-13-11-25(12-14-26)23(29)19-8-4-3-5-9-19/h3-5,8-9,17-18,20-21H,6-7,10-16H2,1-2H3/t17-,18-,20+,21+/m1/s1. The highest BCUT2D eigenvalue weighted by atomic mass is 16.2. The number of carbonyl (C=O) groups is 3. The summed E-state index contributed by atoms with van der Waals surface area (Å²) in [6.45, 7) is 7.25. The van der Waals surface area contributed by atoms with E-state index >= 15 is 0 Å². The molecule has 30 heavy (non-hydrogen) atoms. The van der Waals surface area contributed by atoms with Gasteiger partial charge in [0.1, 0.15) is 0 Å². The molecule has 4 rings (SSSR count). The number of hydrogen-bond donors (Lipinski definition) is 0. The molecule has 4 atom stereocenters. The Bertz CT molecular complexity index is 788. The normalized spacial score (nSPS) is 29.9. The molecule has 3 amide bonds. The molecule has 0 unspecified atom stereocenters. The fraction of sp³-hybridized carbons (Fsp3) is 0.625. The predicted molar refractivity (Wildman–Crippen MR) is 115 cm³/mol. The zero-order chi connectivity index (χ0) is 21.3. The first kappa shape index (κ1) is 20.9. The van der Waals surface area contributed by atoms with Crippen LogP contribution in [0, 0.1) is 17.8 Å². The van der Waals surface area contributed by atoms with Crippen LogP contribution in [0.15, 0.2) is 30.3 Å². The molecule has 1 saturated carbocycles. The Kier molecular flexibility index (Phi) is 6.11. The van der Waals surface area contributed by atoms with Crippen LogP contribution in [0.2, 0.25) is 0 Å². The Balaban J connectivity index is 1.32. The van der Waals surface area contributed by atoms with Crippen LogP contribution >= 0.6 is 0 Å². The molecule has 6 nitrogen and oxygen atoms in total. The Morgan fingerprint density at radius 1 is 0.933 bits per heavy atom. The van der Waals surface area contributed by atoms with Gasteiger partial charge in [0.15, 0.2) is 0 Å². The third kappa shape index (κ3) is 4.09. The number of likely N-dealkylation sites (tertiary alicyclic amines) is 1. The quantitative estimate of drug-likeness (QED) is 0.768. The molecule has 0 aromatic heterocycles. The SMILES string of the molecule is C[C@@H]1[C@H](C)CCC[C@@H]1N1C[C@@H](C(=O)N2CCN(C(=O)c3ccccc3)CC2)CC1=O. The van der Waals surface area contributed by atoms with Gasteiger partial charge < -0.3 is 14.7 Å². The number of piperazine rings is 1. The summed E-state index contributed by atoms with van der Waals surface area (Å²) in [5.41, 5.74) is 0.685. The molecule has 3 aliphatic rings. The van der Waals surface area contributed by atoms with Gasteiger partial charge in [-0.3, -0.25) is 14.4 Å². The van der Waals surface area contributed by atoms with E-state index in [1.54, 1.807) is 0 Å². The van der Waals surface area contributed by atoms with E-state index in [4.69, 9.17) is 0 Å². The van der Waals surface area contributed by atoms with Crippen molar-refractivity contribution in [3.8, 4) is 0 Å². The lowest BCUT2D eigenvalue weighted by Crippen LogP contribution is -2.52. The molecule has 1 aromatic carbocycles. The molecule has 0 radical (unpaired) electrons. The largest absolute Gasteiger partial charge is 0.339 e. The van der Waals surface area contributed by atoms with E-state index < -0.39 is 0 Å². The smallest absolute Gasteiger partial charge is 0.253 e. The molecule has 162 valence electrons. The zero-order valence-electron chi connectivity index (χ0n) is 18.1. The summed E-state index contributed by atoms with van der Waals surface area (Å²) in [5, 5.41) is 0. The van der Waals surface area contributed by atoms with Crippen LogP contribution < -0.4 is 0 Å². The van der Waals surface area contributed by atoms with Gasteiger partial charge in [-0.15, -0.1) is 0 Å². The van der Waals surface area contributed by atoms with Gasteiger partial charge in [-0.1, -0.05) is 44.9 Å². The van der Waals surface area contributed by atoms with Gasteiger partial charge in [-0.2, -0.15) is 0 Å². The molecule has 1 aliphatic carbocycles. The number of hydrogen-bond acceptors (Lipinski definition) is 3. The van der Waals surface area contributed by atoms with Crippen molar-refractivity contribution in [1.29, 1.82) is 0 Å². The second kappa shape index (κ2) is 8.78. The zero-order valence-corrected chi connectivity index (χ0v) is 18.1. The van der Waals surface area contributed by atoms with Gasteiger partial charge in [-0.25, -0.2) is 0 Å². The molecule has 0 spiro atoms. The summed E-state index contributed by atoms with van der Waals surface area (Å²) in [6.07, 6.45) is 3.78. The van der Waals surface area contributed by atoms with Crippen molar-refractivity contribution in [1.82, 2.24) is 14.7 Å². The summed E-state index contributed by atoms with van der Waals surface area (Å²) >= 11 is 0. The fourth-order valence-corrected chi connectivity index (χ4v) is 5.36. The Labute approximate surface area is 179 Å². The second-order valence-electron chi connectivity index (χ2n) is 9.27. The van der Waals surface area contributed by atoms with Crippen molar-refractivity contribution in [2.24, 2.45) is 17.8 Å². The molecule has 2 heterocycles. The van der Waals surface area contributed by atoms with Gasteiger partial charge in [0.05, 0.1) is 5.92 Å². The van der Waals surface area contributed by atoms with Gasteiger partial charge in [0.25, 0.3) is 5.91 Å². The van der Waals surface area contributed by atoms with Crippen molar-refractivity contribution >= 4 is 17.7 Å². The minimum absolute atomic E-state index is 0.0188. The summed E-state index contributed by atoms with van der Waals surface area (Å²) < 4.78 is 0. The second-order valence-corrected chi connectivity index (χ2v) is 9.27. The van der Waals surface area contributed by atoms with Crippen LogP contribution in [0.3, 0.4) is 0 Å². The number of rotatable bonds is 3. The Hall–Kier alpha value is -2.37. The monoisotopic (exact) mass is 411 g/mol. The highest BCUT2D eigenvalue weighted by Crippen LogP contribution is 2.36. The molecule has 0 bridgehead atoms. The molecule has 3 fully saturated rings. The first-order valence-electron chi connectivity index (χ1n) is 11.4. The number of carbonyl (C=O) groups excluding carboxylic acids is 3. The summed E-state index contributed by atoms with van der Waals surface area (Å²) in [6, 6.07) is 9.55. The van der Waals surface area contributed by atoms with Crippen molar-refractivity contribution in [2.45, 2.75) is 45.6 Å². The summed E-state index contributed by atoms with van der Waals surface area (Å²) in [4.78, 5) is 44.1. The Morgan fingerprint density at radius 2 is 1.60 bits per heavy atom.